The predicted octanol–water partition coefficient (Wildman–Crippen LogP) is 4.32. The second kappa shape index (κ2) is 10.2. The van der Waals surface area contributed by atoms with Gasteiger partial charge in [-0.3, -0.25) is 9.59 Å². The van der Waals surface area contributed by atoms with E-state index in [9.17, 15) is 9.59 Å². The molecule has 7 heteroatoms. The molecule has 30 heavy (non-hydrogen) atoms. The summed E-state index contributed by atoms with van der Waals surface area (Å²) in [5.74, 6) is -1.13. The summed E-state index contributed by atoms with van der Waals surface area (Å²) in [6, 6.07) is 22.0. The number of nitrogens with zero attached hydrogens (tertiary/aromatic N) is 1. The molecule has 6 nitrogen and oxygen atoms in total. The number of hydrogen-bond acceptors (Lipinski definition) is 4. The number of aryl methyl sites for hydroxylation is 1. The predicted molar refractivity (Wildman–Crippen MR) is 118 cm³/mol. The number of para-hydroxylation sites is 1. The van der Waals surface area contributed by atoms with E-state index in [2.05, 4.69) is 15.8 Å². The van der Waals surface area contributed by atoms with Gasteiger partial charge < -0.3 is 10.1 Å². The number of hydrogen-bond donors (Lipinski definition) is 2. The third kappa shape index (κ3) is 5.93. The maximum Gasteiger partial charge on any atom is 0.329 e. The summed E-state index contributed by atoms with van der Waals surface area (Å²) in [5.41, 5.74) is 5.20. The van der Waals surface area contributed by atoms with E-state index in [1.807, 2.05) is 49.4 Å². The third-order valence-electron chi connectivity index (χ3n) is 4.16. The zero-order chi connectivity index (χ0) is 21.3. The standard InChI is InChI=1S/C23H20ClN3O3/c1-16-11-12-19(13-20(16)24)26-22(28)23(29)27-25-14-18-9-5-6-10-21(18)30-15-17-7-3-2-4-8-17/h2-14H,15H2,1H3,(H,26,28)(H,27,29)/b25-14-. The van der Waals surface area contributed by atoms with Crippen molar-refractivity contribution in [3.8, 4) is 5.75 Å². The smallest absolute Gasteiger partial charge is 0.329 e. The second-order valence-electron chi connectivity index (χ2n) is 6.43. The van der Waals surface area contributed by atoms with Gasteiger partial charge >= 0.3 is 11.8 Å². The molecule has 0 heterocycles. The van der Waals surface area contributed by atoms with Gasteiger partial charge in [0.25, 0.3) is 0 Å². The van der Waals surface area contributed by atoms with Gasteiger partial charge in [-0.1, -0.05) is 60.1 Å². The van der Waals surface area contributed by atoms with Crippen molar-refractivity contribution in [2.24, 2.45) is 5.10 Å². The second-order valence-corrected chi connectivity index (χ2v) is 6.84. The summed E-state index contributed by atoms with van der Waals surface area (Å²) in [5, 5.41) is 6.83. The molecular formula is C23H20ClN3O3. The number of amides is 2. The Morgan fingerprint density at radius 2 is 1.73 bits per heavy atom. The molecular weight excluding hydrogens is 402 g/mol. The van der Waals surface area contributed by atoms with Crippen molar-refractivity contribution in [2.75, 3.05) is 5.32 Å². The fourth-order valence-electron chi connectivity index (χ4n) is 2.52. The molecule has 2 amide bonds. The van der Waals surface area contributed by atoms with Gasteiger partial charge in [0.15, 0.2) is 0 Å². The molecule has 0 aromatic heterocycles. The van der Waals surface area contributed by atoms with Crippen LogP contribution in [0.5, 0.6) is 5.75 Å². The molecule has 0 bridgehead atoms. The van der Waals surface area contributed by atoms with E-state index >= 15 is 0 Å². The lowest BCUT2D eigenvalue weighted by atomic mass is 10.2. The molecule has 3 aromatic rings. The summed E-state index contributed by atoms with van der Waals surface area (Å²) in [4.78, 5) is 24.0. The van der Waals surface area contributed by atoms with E-state index in [0.717, 1.165) is 11.1 Å². The van der Waals surface area contributed by atoms with E-state index in [1.54, 1.807) is 30.3 Å². The van der Waals surface area contributed by atoms with Crippen molar-refractivity contribution in [3.05, 3.63) is 94.5 Å². The van der Waals surface area contributed by atoms with Crippen LogP contribution in [0.3, 0.4) is 0 Å². The Labute approximate surface area is 179 Å². The minimum atomic E-state index is -0.898. The maximum atomic E-state index is 12.0. The van der Waals surface area contributed by atoms with Gasteiger partial charge in [-0.15, -0.1) is 0 Å². The van der Waals surface area contributed by atoms with Gasteiger partial charge in [0.2, 0.25) is 0 Å². The Balaban J connectivity index is 1.57. The molecule has 0 aliphatic carbocycles. The Hall–Kier alpha value is -3.64. The molecule has 152 valence electrons. The summed E-state index contributed by atoms with van der Waals surface area (Å²) >= 11 is 6.02. The number of carbonyl (C=O) groups excluding carboxylic acids is 2. The number of carbonyl (C=O) groups is 2. The van der Waals surface area contributed by atoms with E-state index in [-0.39, 0.29) is 0 Å². The minimum Gasteiger partial charge on any atom is -0.488 e. The van der Waals surface area contributed by atoms with Crippen LogP contribution >= 0.6 is 11.6 Å². The van der Waals surface area contributed by atoms with Crippen LogP contribution in [-0.2, 0) is 16.2 Å². The van der Waals surface area contributed by atoms with Gasteiger partial charge in [-0.05, 0) is 42.3 Å². The molecule has 3 rings (SSSR count). The van der Waals surface area contributed by atoms with Gasteiger partial charge in [-0.25, -0.2) is 5.43 Å². The first-order valence-corrected chi connectivity index (χ1v) is 9.57. The van der Waals surface area contributed by atoms with Crippen LogP contribution in [0, 0.1) is 6.92 Å². The largest absolute Gasteiger partial charge is 0.488 e. The Morgan fingerprint density at radius 1 is 1.00 bits per heavy atom. The average molecular weight is 422 g/mol. The maximum absolute atomic E-state index is 12.0. The lowest BCUT2D eigenvalue weighted by molar-refractivity contribution is -0.136. The quantitative estimate of drug-likeness (QED) is 0.353. The first-order chi connectivity index (χ1) is 14.5. The molecule has 0 fully saturated rings. The van der Waals surface area contributed by atoms with Gasteiger partial charge in [0.1, 0.15) is 12.4 Å². The SMILES string of the molecule is Cc1ccc(NC(=O)C(=O)N/N=C\c2ccccc2OCc2ccccc2)cc1Cl. The van der Waals surface area contributed by atoms with E-state index in [1.165, 1.54) is 6.21 Å². The molecule has 3 aromatic carbocycles. The minimum absolute atomic E-state index is 0.402. The number of nitrogens with one attached hydrogen (secondary N) is 2. The molecule has 0 saturated carbocycles. The number of benzene rings is 3. The van der Waals surface area contributed by atoms with E-state index in [0.29, 0.717) is 28.6 Å². The van der Waals surface area contributed by atoms with Crippen LogP contribution < -0.4 is 15.5 Å². The highest BCUT2D eigenvalue weighted by Crippen LogP contribution is 2.20. The van der Waals surface area contributed by atoms with Crippen molar-refractivity contribution >= 4 is 35.3 Å². The number of anilines is 1. The lowest BCUT2D eigenvalue weighted by Gasteiger charge is -2.09. The Bertz CT molecular complexity index is 1070. The Morgan fingerprint density at radius 3 is 2.50 bits per heavy atom. The number of ether oxygens (including phenoxy) is 1. The molecule has 0 atom stereocenters. The molecule has 0 unspecified atom stereocenters. The van der Waals surface area contributed by atoms with Crippen LogP contribution in [0.4, 0.5) is 5.69 Å². The van der Waals surface area contributed by atoms with Crippen LogP contribution in [-0.4, -0.2) is 18.0 Å². The molecule has 0 spiro atoms. The van der Waals surface area contributed by atoms with Crippen LogP contribution in [0.1, 0.15) is 16.7 Å². The van der Waals surface area contributed by atoms with Gasteiger partial charge in [0, 0.05) is 16.3 Å². The highest BCUT2D eigenvalue weighted by molar-refractivity contribution is 6.39. The summed E-state index contributed by atoms with van der Waals surface area (Å²) in [6.07, 6.45) is 1.42. The third-order valence-corrected chi connectivity index (χ3v) is 4.57. The molecule has 0 aliphatic rings. The van der Waals surface area contributed by atoms with Crippen molar-refractivity contribution in [1.29, 1.82) is 0 Å². The van der Waals surface area contributed by atoms with Crippen molar-refractivity contribution in [2.45, 2.75) is 13.5 Å². The molecule has 0 aliphatic heterocycles. The molecule has 0 saturated heterocycles. The highest BCUT2D eigenvalue weighted by atomic mass is 35.5. The summed E-state index contributed by atoms with van der Waals surface area (Å²) in [6.45, 7) is 2.25. The number of hydrazone groups is 1. The number of halogens is 1. The zero-order valence-corrected chi connectivity index (χ0v) is 17.0. The number of rotatable bonds is 6. The van der Waals surface area contributed by atoms with Gasteiger partial charge in [0.05, 0.1) is 6.21 Å². The van der Waals surface area contributed by atoms with Crippen LogP contribution in [0.15, 0.2) is 77.9 Å². The summed E-state index contributed by atoms with van der Waals surface area (Å²) in [7, 11) is 0. The summed E-state index contributed by atoms with van der Waals surface area (Å²) < 4.78 is 5.83. The zero-order valence-electron chi connectivity index (χ0n) is 16.3. The van der Waals surface area contributed by atoms with Crippen molar-refractivity contribution < 1.29 is 14.3 Å². The van der Waals surface area contributed by atoms with E-state index in [4.69, 9.17) is 16.3 Å². The molecule has 0 radical (unpaired) electrons. The molecule has 2 N–H and O–H groups in total. The fraction of sp³-hybridized carbons (Fsp3) is 0.0870. The van der Waals surface area contributed by atoms with E-state index < -0.39 is 11.8 Å². The normalized spacial score (nSPS) is 10.6. The van der Waals surface area contributed by atoms with Crippen LogP contribution in [0.25, 0.3) is 0 Å². The van der Waals surface area contributed by atoms with Crippen molar-refractivity contribution in [3.63, 3.8) is 0 Å². The first kappa shape index (κ1) is 21.1. The topological polar surface area (TPSA) is 79.8 Å². The van der Waals surface area contributed by atoms with Crippen molar-refractivity contribution in [1.82, 2.24) is 5.43 Å². The first-order valence-electron chi connectivity index (χ1n) is 9.19. The monoisotopic (exact) mass is 421 g/mol. The lowest BCUT2D eigenvalue weighted by Crippen LogP contribution is -2.32. The van der Waals surface area contributed by atoms with Crippen LogP contribution in [0.2, 0.25) is 5.02 Å². The Kier molecular flexibility index (Phi) is 7.19. The fourth-order valence-corrected chi connectivity index (χ4v) is 2.70. The average Bonchev–Trinajstić information content (AvgIpc) is 2.76. The highest BCUT2D eigenvalue weighted by Gasteiger charge is 2.13. The van der Waals surface area contributed by atoms with Gasteiger partial charge in [-0.2, -0.15) is 5.10 Å².